The first-order valence-corrected chi connectivity index (χ1v) is 5.84. The molecule has 86 valence electrons. The van der Waals surface area contributed by atoms with E-state index in [4.69, 9.17) is 10.2 Å². The molecule has 2 N–H and O–H groups in total. The van der Waals surface area contributed by atoms with Crippen molar-refractivity contribution in [3.05, 3.63) is 29.7 Å². The molecule has 1 unspecified atom stereocenters. The van der Waals surface area contributed by atoms with Gasteiger partial charge in [0, 0.05) is 5.92 Å². The van der Waals surface area contributed by atoms with Gasteiger partial charge in [0.25, 0.3) is 0 Å². The van der Waals surface area contributed by atoms with Crippen molar-refractivity contribution in [2.45, 2.75) is 32.6 Å². The number of nitrogens with zero attached hydrogens (tertiary/aromatic N) is 1. The standard InChI is InChI=1S/C13H18N2O/c1-3-10-4-5-12-11(8-10)15-13(16-12)9(2)6-7-14/h4-5,8-9H,3,6-7,14H2,1-2H3. The Morgan fingerprint density at radius 2 is 2.25 bits per heavy atom. The fourth-order valence-corrected chi connectivity index (χ4v) is 1.80. The van der Waals surface area contributed by atoms with E-state index in [2.05, 4.69) is 31.0 Å². The van der Waals surface area contributed by atoms with Gasteiger partial charge in [-0.1, -0.05) is 19.9 Å². The van der Waals surface area contributed by atoms with Crippen molar-refractivity contribution >= 4 is 11.1 Å². The lowest BCUT2D eigenvalue weighted by Gasteiger charge is -2.02. The summed E-state index contributed by atoms with van der Waals surface area (Å²) in [6.45, 7) is 4.90. The quantitative estimate of drug-likeness (QED) is 0.858. The second-order valence-corrected chi connectivity index (χ2v) is 4.19. The summed E-state index contributed by atoms with van der Waals surface area (Å²) < 4.78 is 5.72. The smallest absolute Gasteiger partial charge is 0.198 e. The summed E-state index contributed by atoms with van der Waals surface area (Å²) in [6.07, 6.45) is 1.93. The summed E-state index contributed by atoms with van der Waals surface area (Å²) in [5.41, 5.74) is 8.66. The Morgan fingerprint density at radius 1 is 1.44 bits per heavy atom. The molecule has 3 nitrogen and oxygen atoms in total. The van der Waals surface area contributed by atoms with Crippen molar-refractivity contribution in [3.63, 3.8) is 0 Å². The van der Waals surface area contributed by atoms with E-state index in [9.17, 15) is 0 Å². The largest absolute Gasteiger partial charge is 0.440 e. The van der Waals surface area contributed by atoms with Crippen molar-refractivity contribution in [3.8, 4) is 0 Å². The number of hydrogen-bond acceptors (Lipinski definition) is 3. The molecule has 0 radical (unpaired) electrons. The molecule has 0 amide bonds. The van der Waals surface area contributed by atoms with Gasteiger partial charge in [-0.3, -0.25) is 0 Å². The molecule has 0 spiro atoms. The molecular weight excluding hydrogens is 200 g/mol. The predicted molar refractivity (Wildman–Crippen MR) is 65.5 cm³/mol. The molecule has 0 aliphatic rings. The normalized spacial score (nSPS) is 13.2. The number of hydrogen-bond donors (Lipinski definition) is 1. The molecule has 0 bridgehead atoms. The van der Waals surface area contributed by atoms with Crippen LogP contribution in [0.5, 0.6) is 0 Å². The number of aromatic nitrogens is 1. The summed E-state index contributed by atoms with van der Waals surface area (Å²) in [6, 6.07) is 6.18. The molecule has 0 aliphatic heterocycles. The van der Waals surface area contributed by atoms with E-state index in [-0.39, 0.29) is 0 Å². The molecule has 0 fully saturated rings. The fourth-order valence-electron chi connectivity index (χ4n) is 1.80. The van der Waals surface area contributed by atoms with Crippen molar-refractivity contribution in [2.24, 2.45) is 5.73 Å². The van der Waals surface area contributed by atoms with Crippen molar-refractivity contribution in [1.82, 2.24) is 4.98 Å². The minimum absolute atomic E-state index is 0.294. The molecule has 2 aromatic rings. The molecule has 1 aromatic carbocycles. The molecule has 16 heavy (non-hydrogen) atoms. The van der Waals surface area contributed by atoms with E-state index in [1.165, 1.54) is 5.56 Å². The highest BCUT2D eigenvalue weighted by Gasteiger charge is 2.12. The number of nitrogens with two attached hydrogens (primary N) is 1. The summed E-state index contributed by atoms with van der Waals surface area (Å²) >= 11 is 0. The minimum Gasteiger partial charge on any atom is -0.440 e. The van der Waals surface area contributed by atoms with Gasteiger partial charge >= 0.3 is 0 Å². The van der Waals surface area contributed by atoms with E-state index >= 15 is 0 Å². The van der Waals surface area contributed by atoms with Gasteiger partial charge in [0.15, 0.2) is 11.5 Å². The van der Waals surface area contributed by atoms with Crippen molar-refractivity contribution in [1.29, 1.82) is 0 Å². The van der Waals surface area contributed by atoms with Gasteiger partial charge < -0.3 is 10.2 Å². The summed E-state index contributed by atoms with van der Waals surface area (Å²) in [5.74, 6) is 1.09. The van der Waals surface area contributed by atoms with Crippen LogP contribution < -0.4 is 5.73 Å². The first kappa shape index (κ1) is 11.1. The first-order valence-electron chi connectivity index (χ1n) is 5.84. The Labute approximate surface area is 95.7 Å². The maximum absolute atomic E-state index is 5.72. The van der Waals surface area contributed by atoms with Crippen LogP contribution in [0.2, 0.25) is 0 Å². The molecule has 1 heterocycles. The van der Waals surface area contributed by atoms with E-state index in [1.54, 1.807) is 0 Å². The number of oxazole rings is 1. The summed E-state index contributed by atoms with van der Waals surface area (Å²) in [5, 5.41) is 0. The summed E-state index contributed by atoms with van der Waals surface area (Å²) in [7, 11) is 0. The van der Waals surface area contributed by atoms with Crippen molar-refractivity contribution < 1.29 is 4.42 Å². The zero-order valence-corrected chi connectivity index (χ0v) is 9.86. The number of aryl methyl sites for hydroxylation is 1. The molecule has 0 saturated heterocycles. The monoisotopic (exact) mass is 218 g/mol. The van der Waals surface area contributed by atoms with E-state index < -0.39 is 0 Å². The lowest BCUT2D eigenvalue weighted by atomic mass is 10.1. The Kier molecular flexibility index (Phi) is 3.25. The van der Waals surface area contributed by atoms with Gasteiger partial charge in [0.1, 0.15) is 5.52 Å². The van der Waals surface area contributed by atoms with Gasteiger partial charge in [-0.15, -0.1) is 0 Å². The third-order valence-electron chi connectivity index (χ3n) is 2.90. The van der Waals surface area contributed by atoms with Crippen LogP contribution in [0.15, 0.2) is 22.6 Å². The van der Waals surface area contributed by atoms with Crippen LogP contribution in [-0.2, 0) is 6.42 Å². The van der Waals surface area contributed by atoms with Gasteiger partial charge in [0.05, 0.1) is 0 Å². The zero-order chi connectivity index (χ0) is 11.5. The van der Waals surface area contributed by atoms with Crippen LogP contribution >= 0.6 is 0 Å². The molecule has 0 aliphatic carbocycles. The minimum atomic E-state index is 0.294. The van der Waals surface area contributed by atoms with E-state index in [0.29, 0.717) is 12.5 Å². The maximum Gasteiger partial charge on any atom is 0.198 e. The Bertz CT molecular complexity index is 476. The number of benzene rings is 1. The van der Waals surface area contributed by atoms with Gasteiger partial charge in [-0.05, 0) is 37.1 Å². The Morgan fingerprint density at radius 3 is 2.94 bits per heavy atom. The topological polar surface area (TPSA) is 52.0 Å². The van der Waals surface area contributed by atoms with Gasteiger partial charge in [0.2, 0.25) is 0 Å². The predicted octanol–water partition coefficient (Wildman–Crippen LogP) is 2.84. The fraction of sp³-hybridized carbons (Fsp3) is 0.462. The average Bonchev–Trinajstić information content (AvgIpc) is 2.71. The number of rotatable bonds is 4. The van der Waals surface area contributed by atoms with Crippen molar-refractivity contribution in [2.75, 3.05) is 6.54 Å². The van der Waals surface area contributed by atoms with E-state index in [1.807, 2.05) is 6.07 Å². The van der Waals surface area contributed by atoms with Crippen LogP contribution in [0.25, 0.3) is 11.1 Å². The Hall–Kier alpha value is -1.35. The van der Waals surface area contributed by atoms with Crippen LogP contribution in [0.4, 0.5) is 0 Å². The molecule has 1 atom stereocenters. The maximum atomic E-state index is 5.72. The highest BCUT2D eigenvalue weighted by atomic mass is 16.3. The second-order valence-electron chi connectivity index (χ2n) is 4.19. The van der Waals surface area contributed by atoms with Gasteiger partial charge in [-0.25, -0.2) is 4.98 Å². The molecule has 3 heteroatoms. The van der Waals surface area contributed by atoms with E-state index in [0.717, 1.165) is 29.8 Å². The zero-order valence-electron chi connectivity index (χ0n) is 9.86. The first-order chi connectivity index (χ1) is 7.74. The third-order valence-corrected chi connectivity index (χ3v) is 2.90. The van der Waals surface area contributed by atoms with Crippen LogP contribution in [-0.4, -0.2) is 11.5 Å². The SMILES string of the molecule is CCc1ccc2oc(C(C)CCN)nc2c1. The molecule has 1 aromatic heterocycles. The van der Waals surface area contributed by atoms with Crippen LogP contribution in [0.3, 0.4) is 0 Å². The average molecular weight is 218 g/mol. The number of fused-ring (bicyclic) bond motifs is 1. The molecule has 0 saturated carbocycles. The van der Waals surface area contributed by atoms with Crippen LogP contribution in [0, 0.1) is 0 Å². The highest BCUT2D eigenvalue weighted by molar-refractivity contribution is 5.73. The third kappa shape index (κ3) is 2.09. The highest BCUT2D eigenvalue weighted by Crippen LogP contribution is 2.24. The summed E-state index contributed by atoms with van der Waals surface area (Å²) in [4.78, 5) is 4.52. The van der Waals surface area contributed by atoms with Gasteiger partial charge in [-0.2, -0.15) is 0 Å². The molecular formula is C13H18N2O. The lowest BCUT2D eigenvalue weighted by Crippen LogP contribution is -2.04. The lowest BCUT2D eigenvalue weighted by molar-refractivity contribution is 0.473. The Balaban J connectivity index is 2.35. The second kappa shape index (κ2) is 4.66. The van der Waals surface area contributed by atoms with Crippen LogP contribution in [0.1, 0.15) is 37.6 Å². The molecule has 2 rings (SSSR count).